The highest BCUT2D eigenvalue weighted by molar-refractivity contribution is 7.98. The predicted octanol–water partition coefficient (Wildman–Crippen LogP) is 4.90. The van der Waals surface area contributed by atoms with Crippen LogP contribution in [0.2, 0.25) is 0 Å². The van der Waals surface area contributed by atoms with Crippen molar-refractivity contribution >= 4 is 22.9 Å². The Balaban J connectivity index is 1.21. The van der Waals surface area contributed by atoms with Crippen LogP contribution in [0.4, 0.5) is 4.39 Å². The minimum absolute atomic E-state index is 0.328. The number of hydrogen-bond donors (Lipinski definition) is 0. The molecule has 6 nitrogen and oxygen atoms in total. The standard InChI is InChI=1S/C24H30FN5OS/c1-18(24(25)8-13-28(14-9-24)16-19-7-15-31-17-19)29-11-5-20(6-12-29)30-22-21(4-3-10-26-22)27-23(30)32-2/h3-4,7,10,15,17,20H,1,5-6,8-9,11-14,16H2,2H3. The summed E-state index contributed by atoms with van der Waals surface area (Å²) in [5, 5.41) is 1.00. The van der Waals surface area contributed by atoms with Gasteiger partial charge in [-0.3, -0.25) is 4.90 Å². The van der Waals surface area contributed by atoms with Gasteiger partial charge < -0.3 is 13.9 Å². The summed E-state index contributed by atoms with van der Waals surface area (Å²) in [6, 6.07) is 6.24. The van der Waals surface area contributed by atoms with Gasteiger partial charge in [0.2, 0.25) is 0 Å². The van der Waals surface area contributed by atoms with Crippen LogP contribution in [0.25, 0.3) is 11.2 Å². The number of fused-ring (bicyclic) bond motifs is 1. The molecule has 2 fully saturated rings. The van der Waals surface area contributed by atoms with Gasteiger partial charge in [-0.1, -0.05) is 18.3 Å². The fourth-order valence-electron chi connectivity index (χ4n) is 5.05. The molecule has 0 aliphatic carbocycles. The highest BCUT2D eigenvalue weighted by Crippen LogP contribution is 2.38. The number of rotatable bonds is 6. The first-order chi connectivity index (χ1) is 15.6. The molecule has 2 aliphatic rings. The zero-order valence-corrected chi connectivity index (χ0v) is 19.4. The van der Waals surface area contributed by atoms with Crippen molar-refractivity contribution in [2.75, 3.05) is 32.4 Å². The maximum Gasteiger partial charge on any atom is 0.170 e. The SMILES string of the molecule is C=C(N1CCC(n2c(SC)nc3cccnc32)CC1)C1(F)CCN(Cc2ccoc2)CC1. The molecule has 5 heterocycles. The number of aromatic nitrogens is 3. The Hall–Kier alpha value is -2.32. The fraction of sp³-hybridized carbons (Fsp3) is 0.500. The maximum atomic E-state index is 15.9. The van der Waals surface area contributed by atoms with Crippen molar-refractivity contribution in [3.8, 4) is 0 Å². The largest absolute Gasteiger partial charge is 0.472 e. The number of alkyl halides is 1. The van der Waals surface area contributed by atoms with Gasteiger partial charge in [0, 0.05) is 56.2 Å². The number of furan rings is 1. The van der Waals surface area contributed by atoms with E-state index in [4.69, 9.17) is 9.40 Å². The van der Waals surface area contributed by atoms with Crippen LogP contribution in [0.3, 0.4) is 0 Å². The van der Waals surface area contributed by atoms with Crippen molar-refractivity contribution in [1.29, 1.82) is 0 Å². The van der Waals surface area contributed by atoms with E-state index in [1.807, 2.05) is 24.4 Å². The van der Waals surface area contributed by atoms with Crippen LogP contribution in [0.1, 0.15) is 37.3 Å². The minimum Gasteiger partial charge on any atom is -0.472 e. The third-order valence-corrected chi connectivity index (χ3v) is 7.62. The van der Waals surface area contributed by atoms with E-state index in [2.05, 4.69) is 32.2 Å². The number of nitrogens with zero attached hydrogens (tertiary/aromatic N) is 5. The van der Waals surface area contributed by atoms with Gasteiger partial charge in [0.05, 0.1) is 12.5 Å². The third kappa shape index (κ3) is 4.06. The first-order valence-electron chi connectivity index (χ1n) is 11.3. The molecule has 8 heteroatoms. The first kappa shape index (κ1) is 21.5. The van der Waals surface area contributed by atoms with Crippen LogP contribution in [0.5, 0.6) is 0 Å². The molecular weight excluding hydrogens is 425 g/mol. The Bertz CT molecular complexity index is 1070. The molecule has 0 N–H and O–H groups in total. The van der Waals surface area contributed by atoms with Crippen LogP contribution in [-0.2, 0) is 6.54 Å². The summed E-state index contributed by atoms with van der Waals surface area (Å²) >= 11 is 1.66. The topological polar surface area (TPSA) is 50.3 Å². The van der Waals surface area contributed by atoms with Crippen molar-refractivity contribution in [2.24, 2.45) is 0 Å². The normalized spacial score (nSPS) is 20.1. The Morgan fingerprint density at radius 1 is 1.25 bits per heavy atom. The number of allylic oxidation sites excluding steroid dienone is 1. The zero-order chi connectivity index (χ0) is 22.1. The molecule has 0 radical (unpaired) electrons. The van der Waals surface area contributed by atoms with Gasteiger partial charge in [0.1, 0.15) is 5.52 Å². The molecule has 5 rings (SSSR count). The van der Waals surface area contributed by atoms with Crippen LogP contribution in [0, 0.1) is 0 Å². The molecule has 0 amide bonds. The first-order valence-corrected chi connectivity index (χ1v) is 12.5. The molecule has 0 aromatic carbocycles. The number of thioether (sulfide) groups is 1. The Morgan fingerprint density at radius 3 is 2.72 bits per heavy atom. The van der Waals surface area contributed by atoms with Crippen LogP contribution in [-0.4, -0.2) is 62.4 Å². The molecule has 2 saturated heterocycles. The summed E-state index contributed by atoms with van der Waals surface area (Å²) in [6.45, 7) is 8.14. The summed E-state index contributed by atoms with van der Waals surface area (Å²) < 4.78 is 23.3. The molecule has 3 aromatic rings. The van der Waals surface area contributed by atoms with E-state index in [0.717, 1.165) is 67.4 Å². The summed E-state index contributed by atoms with van der Waals surface area (Å²) in [6.07, 6.45) is 10.2. The second-order valence-corrected chi connectivity index (χ2v) is 9.63. The van der Waals surface area contributed by atoms with E-state index in [1.54, 1.807) is 24.3 Å². The third-order valence-electron chi connectivity index (χ3n) is 6.96. The van der Waals surface area contributed by atoms with Gasteiger partial charge in [-0.2, -0.15) is 0 Å². The number of piperidine rings is 2. The van der Waals surface area contributed by atoms with Gasteiger partial charge in [0.25, 0.3) is 0 Å². The fourth-order valence-corrected chi connectivity index (χ4v) is 5.68. The van der Waals surface area contributed by atoms with Gasteiger partial charge in [-0.15, -0.1) is 0 Å². The molecule has 0 atom stereocenters. The molecular formula is C24H30FN5OS. The van der Waals surface area contributed by atoms with Crippen molar-refractivity contribution < 1.29 is 8.81 Å². The lowest BCUT2D eigenvalue weighted by atomic mass is 9.88. The number of halogens is 1. The maximum absolute atomic E-state index is 15.9. The summed E-state index contributed by atoms with van der Waals surface area (Å²) in [5.74, 6) is 0. The van der Waals surface area contributed by atoms with E-state index in [-0.39, 0.29) is 0 Å². The van der Waals surface area contributed by atoms with Gasteiger partial charge in [-0.25, -0.2) is 14.4 Å². The van der Waals surface area contributed by atoms with Crippen LogP contribution >= 0.6 is 11.8 Å². The Kier molecular flexibility index (Phi) is 5.99. The Labute approximate surface area is 192 Å². The van der Waals surface area contributed by atoms with Crippen LogP contribution in [0.15, 0.2) is 58.8 Å². The second-order valence-electron chi connectivity index (χ2n) is 8.85. The van der Waals surface area contributed by atoms with Gasteiger partial charge in [0.15, 0.2) is 16.5 Å². The second kappa shape index (κ2) is 8.90. The van der Waals surface area contributed by atoms with Crippen molar-refractivity contribution in [2.45, 2.75) is 49.1 Å². The van der Waals surface area contributed by atoms with Crippen molar-refractivity contribution in [3.63, 3.8) is 0 Å². The lowest BCUT2D eigenvalue weighted by molar-refractivity contribution is 0.0519. The van der Waals surface area contributed by atoms with E-state index in [9.17, 15) is 0 Å². The van der Waals surface area contributed by atoms with Gasteiger partial charge >= 0.3 is 0 Å². The van der Waals surface area contributed by atoms with Gasteiger partial charge in [-0.05, 0) is 50.1 Å². The molecule has 0 unspecified atom stereocenters. The van der Waals surface area contributed by atoms with Crippen molar-refractivity contribution in [3.05, 3.63) is 54.8 Å². The highest BCUT2D eigenvalue weighted by Gasteiger charge is 2.40. The average Bonchev–Trinajstić information content (AvgIpc) is 3.47. The number of pyridine rings is 1. The zero-order valence-electron chi connectivity index (χ0n) is 18.5. The smallest absolute Gasteiger partial charge is 0.170 e. The highest BCUT2D eigenvalue weighted by atomic mass is 32.2. The van der Waals surface area contributed by atoms with E-state index in [1.165, 1.54) is 0 Å². The molecule has 170 valence electrons. The van der Waals surface area contributed by atoms with E-state index in [0.29, 0.717) is 24.6 Å². The minimum atomic E-state index is -1.31. The van der Waals surface area contributed by atoms with E-state index < -0.39 is 5.67 Å². The number of likely N-dealkylation sites (tertiary alicyclic amines) is 2. The van der Waals surface area contributed by atoms with Crippen LogP contribution < -0.4 is 0 Å². The lowest BCUT2D eigenvalue weighted by Crippen LogP contribution is -2.47. The van der Waals surface area contributed by atoms with Crippen molar-refractivity contribution in [1.82, 2.24) is 24.3 Å². The summed E-state index contributed by atoms with van der Waals surface area (Å²) in [4.78, 5) is 13.8. The molecule has 2 aliphatic heterocycles. The molecule has 0 spiro atoms. The molecule has 3 aromatic heterocycles. The summed E-state index contributed by atoms with van der Waals surface area (Å²) in [7, 11) is 0. The molecule has 32 heavy (non-hydrogen) atoms. The molecule has 0 bridgehead atoms. The summed E-state index contributed by atoms with van der Waals surface area (Å²) in [5.41, 5.74) is 2.38. The predicted molar refractivity (Wildman–Crippen MR) is 125 cm³/mol. The number of hydrogen-bond acceptors (Lipinski definition) is 6. The Morgan fingerprint density at radius 2 is 2.03 bits per heavy atom. The average molecular weight is 456 g/mol. The number of imidazole rings is 1. The molecule has 0 saturated carbocycles. The van der Waals surface area contributed by atoms with E-state index >= 15 is 4.39 Å². The quantitative estimate of drug-likeness (QED) is 0.493. The monoisotopic (exact) mass is 455 g/mol. The lowest BCUT2D eigenvalue weighted by Gasteiger charge is -2.43.